The van der Waals surface area contributed by atoms with Gasteiger partial charge in [0.15, 0.2) is 10.7 Å². The average Bonchev–Trinajstić information content (AvgIpc) is 3.63. The number of H-pyrrole nitrogens is 1. The van der Waals surface area contributed by atoms with Crippen molar-refractivity contribution in [2.24, 2.45) is 5.73 Å². The third-order valence-electron chi connectivity index (χ3n) is 7.55. The molecule has 0 radical (unpaired) electrons. The number of tetrazole rings is 1. The summed E-state index contributed by atoms with van der Waals surface area (Å²) in [4.78, 5) is 20.3. The Balaban J connectivity index is 1.77. The number of likely N-dealkylation sites (N-methyl/N-ethyl adjacent to an activating group) is 1. The van der Waals surface area contributed by atoms with Crippen LogP contribution in [0.5, 0.6) is 0 Å². The Kier molecular flexibility index (Phi) is 10.3. The van der Waals surface area contributed by atoms with Gasteiger partial charge >= 0.3 is 5.97 Å². The molecule has 0 spiro atoms. The maximum atomic E-state index is 13.6. The molecule has 0 saturated carbocycles. The Hall–Kier alpha value is -3.60. The molecule has 0 unspecified atom stereocenters. The molecule has 2 heterocycles. The predicted octanol–water partition coefficient (Wildman–Crippen LogP) is 4.83. The van der Waals surface area contributed by atoms with Gasteiger partial charge in [-0.15, -0.1) is 10.2 Å². The van der Waals surface area contributed by atoms with E-state index in [1.54, 1.807) is 0 Å². The number of carbonyl (C=O) groups is 1. The lowest BCUT2D eigenvalue weighted by atomic mass is 9.87. The summed E-state index contributed by atoms with van der Waals surface area (Å²) in [5.41, 5.74) is 9.34. The van der Waals surface area contributed by atoms with Gasteiger partial charge in [0.2, 0.25) is 5.82 Å². The summed E-state index contributed by atoms with van der Waals surface area (Å²) < 4.78 is 7.50. The maximum absolute atomic E-state index is 13.6. The zero-order valence-corrected chi connectivity index (χ0v) is 25.0. The monoisotopic (exact) mass is 578 g/mol. The normalized spacial score (nSPS) is 13.0. The molecule has 11 heteroatoms. The number of aryl methyl sites for hydroxylation is 1. The fraction of sp³-hybridized carbons (Fsp3) is 0.433. The van der Waals surface area contributed by atoms with Crippen molar-refractivity contribution in [2.45, 2.75) is 57.5 Å². The van der Waals surface area contributed by atoms with Crippen LogP contribution in [0.4, 0.5) is 0 Å². The molecular weight excluding hydrogens is 540 g/mol. The van der Waals surface area contributed by atoms with Gasteiger partial charge in [-0.3, -0.25) is 4.90 Å². The summed E-state index contributed by atoms with van der Waals surface area (Å²) >= 11 is 6.90. The van der Waals surface area contributed by atoms with Crippen LogP contribution in [0.3, 0.4) is 0 Å². The number of nitrogens with one attached hydrogen (secondary N) is 1. The topological polar surface area (TPSA) is 128 Å². The first-order valence-electron chi connectivity index (χ1n) is 14.0. The lowest BCUT2D eigenvalue weighted by Gasteiger charge is -2.38. The van der Waals surface area contributed by atoms with Crippen LogP contribution in [0.1, 0.15) is 56.1 Å². The van der Waals surface area contributed by atoms with Gasteiger partial charge in [-0.2, -0.15) is 5.21 Å². The Labute approximate surface area is 246 Å². The van der Waals surface area contributed by atoms with Gasteiger partial charge in [0.1, 0.15) is 5.82 Å². The minimum Gasteiger partial charge on any atom is -0.467 e. The van der Waals surface area contributed by atoms with Crippen molar-refractivity contribution in [3.63, 3.8) is 0 Å². The fourth-order valence-electron chi connectivity index (χ4n) is 5.36. The number of ether oxygens (including phenoxy) is 1. The van der Waals surface area contributed by atoms with Gasteiger partial charge in [-0.25, -0.2) is 9.78 Å². The molecule has 0 aliphatic heterocycles. The molecule has 0 aliphatic carbocycles. The molecule has 2 aromatic carbocycles. The predicted molar refractivity (Wildman–Crippen MR) is 160 cm³/mol. The maximum Gasteiger partial charge on any atom is 0.332 e. The van der Waals surface area contributed by atoms with Crippen molar-refractivity contribution < 1.29 is 9.53 Å². The lowest BCUT2D eigenvalue weighted by Crippen LogP contribution is -2.50. The van der Waals surface area contributed by atoms with E-state index in [0.717, 1.165) is 60.2 Å². The molecule has 10 nitrogen and oxygen atoms in total. The number of nitrogens with two attached hydrogens (primary N) is 1. The van der Waals surface area contributed by atoms with E-state index in [9.17, 15) is 4.79 Å². The van der Waals surface area contributed by atoms with Crippen LogP contribution < -0.4 is 5.73 Å². The molecule has 0 amide bonds. The van der Waals surface area contributed by atoms with Crippen LogP contribution in [-0.2, 0) is 28.0 Å². The highest BCUT2D eigenvalue weighted by Gasteiger charge is 2.48. The van der Waals surface area contributed by atoms with Crippen LogP contribution in [-0.4, -0.2) is 68.8 Å². The molecule has 218 valence electrons. The average molecular weight is 579 g/mol. The molecule has 0 fully saturated rings. The molecule has 0 saturated heterocycles. The van der Waals surface area contributed by atoms with E-state index < -0.39 is 5.54 Å². The van der Waals surface area contributed by atoms with Gasteiger partial charge in [0, 0.05) is 18.5 Å². The van der Waals surface area contributed by atoms with E-state index in [4.69, 9.17) is 27.1 Å². The fourth-order valence-corrected chi connectivity index (χ4v) is 5.72. The highest BCUT2D eigenvalue weighted by Crippen LogP contribution is 2.39. The second-order valence-electron chi connectivity index (χ2n) is 10.3. The number of benzene rings is 2. The van der Waals surface area contributed by atoms with Crippen molar-refractivity contribution in [1.29, 1.82) is 0 Å². The number of carbonyl (C=O) groups excluding carboxylic acids is 1. The minimum absolute atomic E-state index is 0.327. The van der Waals surface area contributed by atoms with Crippen LogP contribution >= 0.6 is 11.6 Å². The summed E-state index contributed by atoms with van der Waals surface area (Å²) in [6.07, 6.45) is 4.76. The first-order valence-corrected chi connectivity index (χ1v) is 14.4. The van der Waals surface area contributed by atoms with Gasteiger partial charge in [-0.05, 0) is 68.2 Å². The number of imidazole rings is 1. The Morgan fingerprint density at radius 2 is 1.83 bits per heavy atom. The first-order chi connectivity index (χ1) is 19.9. The summed E-state index contributed by atoms with van der Waals surface area (Å²) in [5.74, 6) is 1.03. The van der Waals surface area contributed by atoms with Crippen molar-refractivity contribution in [1.82, 2.24) is 35.1 Å². The number of nitrogens with zero attached hydrogens (tertiary/aromatic N) is 6. The summed E-state index contributed by atoms with van der Waals surface area (Å²) in [7, 11) is 5.19. The minimum atomic E-state index is -1.11. The smallest absolute Gasteiger partial charge is 0.332 e. The van der Waals surface area contributed by atoms with E-state index in [1.807, 2.05) is 43.3 Å². The summed E-state index contributed by atoms with van der Waals surface area (Å²) in [6, 6.07) is 16.3. The van der Waals surface area contributed by atoms with E-state index >= 15 is 0 Å². The van der Waals surface area contributed by atoms with Crippen molar-refractivity contribution in [2.75, 3.05) is 27.7 Å². The number of hydrogen-bond donors (Lipinski definition) is 2. The highest BCUT2D eigenvalue weighted by atomic mass is 35.5. The number of rotatable bonds is 14. The Bertz CT molecular complexity index is 1420. The molecule has 0 bridgehead atoms. The Morgan fingerprint density at radius 3 is 2.44 bits per heavy atom. The van der Waals surface area contributed by atoms with Crippen LogP contribution in [0.15, 0.2) is 48.5 Å². The second kappa shape index (κ2) is 13.8. The largest absolute Gasteiger partial charge is 0.467 e. The van der Waals surface area contributed by atoms with Crippen molar-refractivity contribution in [3.8, 4) is 22.5 Å². The van der Waals surface area contributed by atoms with E-state index in [1.165, 1.54) is 7.11 Å². The molecular formula is C30H39ClN8O2. The van der Waals surface area contributed by atoms with E-state index in [2.05, 4.69) is 56.4 Å². The molecule has 2 aromatic heterocycles. The quantitative estimate of drug-likeness (QED) is 0.161. The number of halogens is 1. The number of aromatic nitrogens is 6. The molecule has 41 heavy (non-hydrogen) atoms. The number of unbranched alkanes of at least 4 members (excludes halogenated alkanes) is 2. The summed E-state index contributed by atoms with van der Waals surface area (Å²) in [6.45, 7) is 3.19. The third-order valence-corrected chi connectivity index (χ3v) is 7.81. The second-order valence-corrected chi connectivity index (χ2v) is 10.7. The van der Waals surface area contributed by atoms with Crippen LogP contribution in [0.2, 0.25) is 5.15 Å². The van der Waals surface area contributed by atoms with E-state index in [0.29, 0.717) is 36.2 Å². The SMILES string of the molecule is CCCCc1nc(Cl)c([C@](CCCCN)(C(=O)OC)N(C)C)n1Cc1ccc(-c2ccccc2-c2nn[nH]n2)cc1. The van der Waals surface area contributed by atoms with Gasteiger partial charge in [0.25, 0.3) is 0 Å². The summed E-state index contributed by atoms with van der Waals surface area (Å²) in [5, 5.41) is 14.9. The van der Waals surface area contributed by atoms with Crippen LogP contribution in [0, 0.1) is 0 Å². The first kappa shape index (κ1) is 30.4. The number of methoxy groups -OCH3 is 1. The number of hydrogen-bond acceptors (Lipinski definition) is 8. The van der Waals surface area contributed by atoms with Crippen molar-refractivity contribution in [3.05, 3.63) is 70.8 Å². The van der Waals surface area contributed by atoms with Gasteiger partial charge < -0.3 is 15.0 Å². The molecule has 0 aliphatic rings. The molecule has 4 rings (SSSR count). The third kappa shape index (κ3) is 6.34. The van der Waals surface area contributed by atoms with Crippen molar-refractivity contribution >= 4 is 17.6 Å². The standard InChI is InChI=1S/C30H39ClN8O2/c1-5-6-13-25-33-27(31)26(30(38(2)3,29(40)41-4)18-9-10-19-32)39(25)20-21-14-16-22(17-15-21)23-11-7-8-12-24(23)28-34-36-37-35-28/h7-8,11-12,14-17H,5-6,9-10,13,18-20,32H2,1-4H3,(H,34,35,36,37)/t30-/m1/s1. The number of esters is 1. The molecule has 3 N–H and O–H groups in total. The number of aromatic amines is 1. The van der Waals surface area contributed by atoms with E-state index in [-0.39, 0.29) is 5.97 Å². The van der Waals surface area contributed by atoms with Crippen LogP contribution in [0.25, 0.3) is 22.5 Å². The lowest BCUT2D eigenvalue weighted by molar-refractivity contribution is -0.155. The zero-order chi connectivity index (χ0) is 29.4. The van der Waals surface area contributed by atoms with Gasteiger partial charge in [-0.1, -0.05) is 73.5 Å². The molecule has 4 aromatic rings. The highest BCUT2D eigenvalue weighted by molar-refractivity contribution is 6.30. The zero-order valence-electron chi connectivity index (χ0n) is 24.2. The molecule has 1 atom stereocenters. The Morgan fingerprint density at radius 1 is 1.10 bits per heavy atom. The van der Waals surface area contributed by atoms with Gasteiger partial charge in [0.05, 0.1) is 12.8 Å².